The Balaban J connectivity index is 1.68. The SMILES string of the molecule is CC(NC(=O)c1cc(Cl)cc(C(F)(F)F)c1)c1nc(-c2ncccn2)nn1-c1ncccn1. The fraction of sp³-hybridized carbons (Fsp3) is 0.150. The predicted octanol–water partition coefficient (Wildman–Crippen LogP) is 3.68. The van der Waals surface area contributed by atoms with Crippen molar-refractivity contribution in [3.05, 3.63) is 77.1 Å². The molecule has 4 aromatic rings. The van der Waals surface area contributed by atoms with Gasteiger partial charge in [-0.2, -0.15) is 17.9 Å². The van der Waals surface area contributed by atoms with E-state index in [1.54, 1.807) is 19.1 Å². The Kier molecular flexibility index (Phi) is 6.01. The van der Waals surface area contributed by atoms with E-state index in [0.717, 1.165) is 18.2 Å². The number of nitrogens with zero attached hydrogens (tertiary/aromatic N) is 7. The number of carbonyl (C=O) groups is 1. The first-order valence-corrected chi connectivity index (χ1v) is 9.80. The zero-order valence-electron chi connectivity index (χ0n) is 16.8. The largest absolute Gasteiger partial charge is 0.416 e. The number of hydrogen-bond donors (Lipinski definition) is 1. The minimum atomic E-state index is -4.65. The molecule has 0 aliphatic heterocycles. The van der Waals surface area contributed by atoms with E-state index in [0.29, 0.717) is 0 Å². The Morgan fingerprint density at radius 1 is 1.00 bits per heavy atom. The van der Waals surface area contributed by atoms with Crippen LogP contribution in [0.5, 0.6) is 0 Å². The van der Waals surface area contributed by atoms with Crippen LogP contribution in [0.25, 0.3) is 17.6 Å². The summed E-state index contributed by atoms with van der Waals surface area (Å²) >= 11 is 5.79. The third-order valence-corrected chi connectivity index (χ3v) is 4.58. The third kappa shape index (κ3) is 4.95. The Morgan fingerprint density at radius 2 is 1.64 bits per heavy atom. The van der Waals surface area contributed by atoms with Crippen LogP contribution in [0.4, 0.5) is 13.2 Å². The molecule has 1 amide bonds. The number of alkyl halides is 3. The maximum atomic E-state index is 13.1. The molecule has 0 aliphatic rings. The monoisotopic (exact) mass is 474 g/mol. The highest BCUT2D eigenvalue weighted by molar-refractivity contribution is 6.31. The van der Waals surface area contributed by atoms with Gasteiger partial charge in [0.2, 0.25) is 5.82 Å². The van der Waals surface area contributed by atoms with Gasteiger partial charge in [-0.1, -0.05) is 11.6 Å². The molecule has 1 atom stereocenters. The van der Waals surface area contributed by atoms with Gasteiger partial charge in [0.1, 0.15) is 0 Å². The lowest BCUT2D eigenvalue weighted by molar-refractivity contribution is -0.137. The average molecular weight is 475 g/mol. The number of aromatic nitrogens is 7. The molecule has 0 radical (unpaired) electrons. The van der Waals surface area contributed by atoms with Crippen LogP contribution in [0.2, 0.25) is 5.02 Å². The number of nitrogens with one attached hydrogen (secondary N) is 1. The molecular formula is C20H14ClF3N8O. The first-order chi connectivity index (χ1) is 15.7. The summed E-state index contributed by atoms with van der Waals surface area (Å²) in [7, 11) is 0. The molecule has 0 saturated carbocycles. The highest BCUT2D eigenvalue weighted by Gasteiger charge is 2.32. The van der Waals surface area contributed by atoms with Crippen LogP contribution < -0.4 is 5.32 Å². The summed E-state index contributed by atoms with van der Waals surface area (Å²) in [5.41, 5.74) is -1.28. The standard InChI is InChI=1S/C20H14ClF3N8O/c1-11(29-18(33)12-8-13(20(22,23)24)10-14(21)9-12)17-30-16(15-25-4-2-5-26-15)31-32(17)19-27-6-3-7-28-19/h2-11H,1H3,(H,29,33). The van der Waals surface area contributed by atoms with Gasteiger partial charge in [0.25, 0.3) is 11.9 Å². The van der Waals surface area contributed by atoms with Crippen molar-refractivity contribution in [3.63, 3.8) is 0 Å². The van der Waals surface area contributed by atoms with Gasteiger partial charge in [-0.25, -0.2) is 24.9 Å². The molecule has 4 rings (SSSR count). The van der Waals surface area contributed by atoms with Crippen LogP contribution >= 0.6 is 11.6 Å². The van der Waals surface area contributed by atoms with Gasteiger partial charge in [-0.3, -0.25) is 4.79 Å². The quantitative estimate of drug-likeness (QED) is 0.469. The second-order valence-corrected chi connectivity index (χ2v) is 7.18. The van der Waals surface area contributed by atoms with E-state index in [1.165, 1.54) is 29.5 Å². The third-order valence-electron chi connectivity index (χ3n) is 4.36. The lowest BCUT2D eigenvalue weighted by Gasteiger charge is -2.15. The lowest BCUT2D eigenvalue weighted by Crippen LogP contribution is -2.29. The molecule has 33 heavy (non-hydrogen) atoms. The highest BCUT2D eigenvalue weighted by atomic mass is 35.5. The molecule has 3 heterocycles. The normalized spacial score (nSPS) is 12.4. The van der Waals surface area contributed by atoms with Crippen molar-refractivity contribution in [2.24, 2.45) is 0 Å². The molecule has 1 unspecified atom stereocenters. The molecular weight excluding hydrogens is 461 g/mol. The summed E-state index contributed by atoms with van der Waals surface area (Å²) in [4.78, 5) is 33.6. The van der Waals surface area contributed by atoms with Gasteiger partial charge in [-0.15, -0.1) is 5.10 Å². The number of rotatable bonds is 5. The molecule has 0 saturated heterocycles. The van der Waals surface area contributed by atoms with E-state index in [1.807, 2.05) is 0 Å². The van der Waals surface area contributed by atoms with Crippen molar-refractivity contribution in [2.45, 2.75) is 19.1 Å². The summed E-state index contributed by atoms with van der Waals surface area (Å²) in [6, 6.07) is 5.06. The second-order valence-electron chi connectivity index (χ2n) is 6.75. The van der Waals surface area contributed by atoms with Crippen molar-refractivity contribution >= 4 is 17.5 Å². The summed E-state index contributed by atoms with van der Waals surface area (Å²) < 4.78 is 40.6. The first kappa shape index (κ1) is 22.3. The summed E-state index contributed by atoms with van der Waals surface area (Å²) in [6.45, 7) is 1.59. The lowest BCUT2D eigenvalue weighted by atomic mass is 10.1. The smallest absolute Gasteiger partial charge is 0.342 e. The van der Waals surface area contributed by atoms with Crippen LogP contribution in [-0.4, -0.2) is 40.6 Å². The Labute approximate surface area is 189 Å². The molecule has 0 aliphatic carbocycles. The van der Waals surface area contributed by atoms with Crippen molar-refractivity contribution in [1.82, 2.24) is 40.0 Å². The average Bonchev–Trinajstić information content (AvgIpc) is 3.25. The Hall–Kier alpha value is -3.93. The van der Waals surface area contributed by atoms with Gasteiger partial charge in [-0.05, 0) is 37.3 Å². The predicted molar refractivity (Wildman–Crippen MR) is 110 cm³/mol. The molecule has 1 aromatic carbocycles. The van der Waals surface area contributed by atoms with Crippen LogP contribution in [0, 0.1) is 0 Å². The van der Waals surface area contributed by atoms with E-state index in [2.05, 4.69) is 35.3 Å². The molecule has 3 aromatic heterocycles. The molecule has 1 N–H and O–H groups in total. The van der Waals surface area contributed by atoms with E-state index in [-0.39, 0.29) is 34.0 Å². The minimum absolute atomic E-state index is 0.154. The number of halogens is 4. The number of benzene rings is 1. The van der Waals surface area contributed by atoms with E-state index in [4.69, 9.17) is 11.6 Å². The van der Waals surface area contributed by atoms with Gasteiger partial charge in [0, 0.05) is 35.4 Å². The van der Waals surface area contributed by atoms with E-state index >= 15 is 0 Å². The van der Waals surface area contributed by atoms with Crippen molar-refractivity contribution in [1.29, 1.82) is 0 Å². The molecule has 0 bridgehead atoms. The number of carbonyl (C=O) groups excluding carboxylic acids is 1. The molecule has 0 fully saturated rings. The van der Waals surface area contributed by atoms with Gasteiger partial charge in [0.15, 0.2) is 11.6 Å². The summed E-state index contributed by atoms with van der Waals surface area (Å²) in [6.07, 6.45) is 1.39. The van der Waals surface area contributed by atoms with Crippen LogP contribution in [0.3, 0.4) is 0 Å². The maximum Gasteiger partial charge on any atom is 0.416 e. The van der Waals surface area contributed by atoms with Crippen molar-refractivity contribution in [2.75, 3.05) is 0 Å². The minimum Gasteiger partial charge on any atom is -0.342 e. The van der Waals surface area contributed by atoms with E-state index < -0.39 is 23.7 Å². The van der Waals surface area contributed by atoms with Gasteiger partial charge in [0.05, 0.1) is 11.6 Å². The van der Waals surface area contributed by atoms with Gasteiger partial charge < -0.3 is 5.32 Å². The fourth-order valence-electron chi connectivity index (χ4n) is 2.89. The highest BCUT2D eigenvalue weighted by Crippen LogP contribution is 2.32. The second kappa shape index (κ2) is 8.90. The molecule has 0 spiro atoms. The summed E-state index contributed by atoms with van der Waals surface area (Å²) in [5.74, 6) is -0.00473. The zero-order chi connectivity index (χ0) is 23.6. The molecule has 168 valence electrons. The maximum absolute atomic E-state index is 13.1. The van der Waals surface area contributed by atoms with Crippen LogP contribution in [0.1, 0.15) is 34.7 Å². The number of hydrogen-bond acceptors (Lipinski definition) is 7. The first-order valence-electron chi connectivity index (χ1n) is 9.43. The zero-order valence-corrected chi connectivity index (χ0v) is 17.6. The topological polar surface area (TPSA) is 111 Å². The van der Waals surface area contributed by atoms with E-state index in [9.17, 15) is 18.0 Å². The van der Waals surface area contributed by atoms with Crippen LogP contribution in [-0.2, 0) is 6.18 Å². The van der Waals surface area contributed by atoms with Crippen LogP contribution in [0.15, 0.2) is 55.1 Å². The van der Waals surface area contributed by atoms with Gasteiger partial charge >= 0.3 is 6.18 Å². The number of amides is 1. The van der Waals surface area contributed by atoms with Crippen molar-refractivity contribution < 1.29 is 18.0 Å². The fourth-order valence-corrected chi connectivity index (χ4v) is 3.13. The Bertz CT molecular complexity index is 1280. The molecule has 9 nitrogen and oxygen atoms in total. The van der Waals surface area contributed by atoms with Crippen molar-refractivity contribution in [3.8, 4) is 17.6 Å². The Morgan fingerprint density at radius 3 is 2.27 bits per heavy atom. The summed E-state index contributed by atoms with van der Waals surface area (Å²) in [5, 5.41) is 6.74. The molecule has 13 heteroatoms.